The van der Waals surface area contributed by atoms with E-state index in [1.807, 2.05) is 30.2 Å². The standard InChI is InChI=1S/C17H24N4O4S2/c1-4-21-15-6-5-13(27(18,23)24)7-14(15)19-17(21)26-10-16(22)20-8-11(2)25-12(3)9-20/h5-7,11-12H,4,8-10H2,1-3H3,(H2,18,23,24)/t11-,12-/m0/s1. The van der Waals surface area contributed by atoms with Crippen LogP contribution < -0.4 is 5.14 Å². The number of nitrogens with zero attached hydrogens (tertiary/aromatic N) is 3. The average molecular weight is 413 g/mol. The molecule has 0 saturated carbocycles. The first kappa shape index (κ1) is 20.1. The van der Waals surface area contributed by atoms with Crippen molar-refractivity contribution in [3.8, 4) is 0 Å². The molecular weight excluding hydrogens is 388 g/mol. The molecule has 27 heavy (non-hydrogen) atoms. The molecule has 2 heterocycles. The van der Waals surface area contributed by atoms with Gasteiger partial charge in [-0.05, 0) is 39.0 Å². The van der Waals surface area contributed by atoms with E-state index in [0.29, 0.717) is 30.3 Å². The summed E-state index contributed by atoms with van der Waals surface area (Å²) in [6.45, 7) is 7.74. The van der Waals surface area contributed by atoms with Crippen LogP contribution in [0.25, 0.3) is 11.0 Å². The van der Waals surface area contributed by atoms with E-state index in [9.17, 15) is 13.2 Å². The first-order valence-electron chi connectivity index (χ1n) is 8.78. The van der Waals surface area contributed by atoms with Crippen LogP contribution >= 0.6 is 11.8 Å². The average Bonchev–Trinajstić information content (AvgIpc) is 2.94. The minimum atomic E-state index is -3.78. The monoisotopic (exact) mass is 412 g/mol. The van der Waals surface area contributed by atoms with Crippen molar-refractivity contribution in [3.63, 3.8) is 0 Å². The number of ether oxygens (including phenoxy) is 1. The number of aryl methyl sites for hydroxylation is 1. The number of sulfonamides is 1. The Morgan fingerprint density at radius 2 is 2.00 bits per heavy atom. The second kappa shape index (κ2) is 7.78. The summed E-state index contributed by atoms with van der Waals surface area (Å²) >= 11 is 1.35. The summed E-state index contributed by atoms with van der Waals surface area (Å²) in [5, 5.41) is 5.88. The van der Waals surface area contributed by atoms with E-state index < -0.39 is 10.0 Å². The fourth-order valence-corrected chi connectivity index (χ4v) is 4.79. The molecule has 0 bridgehead atoms. The van der Waals surface area contributed by atoms with Gasteiger partial charge in [-0.25, -0.2) is 18.5 Å². The number of nitrogens with two attached hydrogens (primary N) is 1. The number of aromatic nitrogens is 2. The predicted molar refractivity (Wildman–Crippen MR) is 104 cm³/mol. The molecule has 1 aromatic heterocycles. The lowest BCUT2D eigenvalue weighted by Gasteiger charge is -2.35. The highest BCUT2D eigenvalue weighted by Gasteiger charge is 2.26. The minimum absolute atomic E-state index is 0.0274. The number of amides is 1. The van der Waals surface area contributed by atoms with Gasteiger partial charge in [-0.2, -0.15) is 0 Å². The lowest BCUT2D eigenvalue weighted by molar-refractivity contribution is -0.140. The van der Waals surface area contributed by atoms with E-state index >= 15 is 0 Å². The fourth-order valence-electron chi connectivity index (χ4n) is 3.28. The van der Waals surface area contributed by atoms with Crippen LogP contribution in [-0.4, -0.2) is 59.8 Å². The first-order chi connectivity index (χ1) is 12.7. The summed E-state index contributed by atoms with van der Waals surface area (Å²) in [5.41, 5.74) is 1.36. The number of benzene rings is 1. The molecule has 1 aliphatic rings. The van der Waals surface area contributed by atoms with Gasteiger partial charge in [0.2, 0.25) is 15.9 Å². The van der Waals surface area contributed by atoms with Crippen LogP contribution in [0.2, 0.25) is 0 Å². The Kier molecular flexibility index (Phi) is 5.80. The molecule has 0 aliphatic carbocycles. The number of hydrogen-bond acceptors (Lipinski definition) is 6. The quantitative estimate of drug-likeness (QED) is 0.745. The Morgan fingerprint density at radius 1 is 1.33 bits per heavy atom. The molecule has 8 nitrogen and oxygen atoms in total. The summed E-state index contributed by atoms with van der Waals surface area (Å²) in [6.07, 6.45) is 0.0547. The summed E-state index contributed by atoms with van der Waals surface area (Å²) in [4.78, 5) is 18.9. The molecule has 1 aromatic carbocycles. The van der Waals surface area contributed by atoms with Crippen LogP contribution in [-0.2, 0) is 26.1 Å². The van der Waals surface area contributed by atoms with Crippen molar-refractivity contribution >= 4 is 38.7 Å². The summed E-state index contributed by atoms with van der Waals surface area (Å²) in [5.74, 6) is 0.312. The molecule has 1 aliphatic heterocycles. The Labute approximate surface area is 163 Å². The number of carbonyl (C=O) groups is 1. The molecule has 1 amide bonds. The van der Waals surface area contributed by atoms with Gasteiger partial charge in [0.15, 0.2) is 5.16 Å². The van der Waals surface area contributed by atoms with E-state index in [0.717, 1.165) is 5.52 Å². The number of carbonyl (C=O) groups excluding carboxylic acids is 1. The van der Waals surface area contributed by atoms with E-state index in [1.165, 1.54) is 23.9 Å². The van der Waals surface area contributed by atoms with Crippen molar-refractivity contribution < 1.29 is 17.9 Å². The van der Waals surface area contributed by atoms with Crippen molar-refractivity contribution in [3.05, 3.63) is 18.2 Å². The van der Waals surface area contributed by atoms with Crippen molar-refractivity contribution in [2.75, 3.05) is 18.8 Å². The number of morpholine rings is 1. The maximum absolute atomic E-state index is 12.6. The van der Waals surface area contributed by atoms with Gasteiger partial charge >= 0.3 is 0 Å². The van der Waals surface area contributed by atoms with Crippen molar-refractivity contribution in [1.82, 2.24) is 14.5 Å². The maximum atomic E-state index is 12.6. The van der Waals surface area contributed by atoms with Gasteiger partial charge in [0.05, 0.1) is 33.9 Å². The number of hydrogen-bond donors (Lipinski definition) is 1. The highest BCUT2D eigenvalue weighted by atomic mass is 32.2. The van der Waals surface area contributed by atoms with Gasteiger partial charge in [0.25, 0.3) is 0 Å². The van der Waals surface area contributed by atoms with Crippen molar-refractivity contribution in [2.24, 2.45) is 5.14 Å². The SMILES string of the molecule is CCn1c(SCC(=O)N2C[C@H](C)O[C@@H](C)C2)nc2cc(S(N)(=O)=O)ccc21. The van der Waals surface area contributed by atoms with E-state index in [1.54, 1.807) is 6.07 Å². The zero-order chi connectivity index (χ0) is 19.8. The third-order valence-corrected chi connectivity index (χ3v) is 6.30. The second-order valence-corrected chi connectivity index (χ2v) is 9.18. The smallest absolute Gasteiger partial charge is 0.238 e. The third kappa shape index (κ3) is 4.45. The van der Waals surface area contributed by atoms with Gasteiger partial charge in [-0.3, -0.25) is 4.79 Å². The zero-order valence-electron chi connectivity index (χ0n) is 15.6. The van der Waals surface area contributed by atoms with Crippen LogP contribution in [0.1, 0.15) is 20.8 Å². The molecule has 2 atom stereocenters. The number of thioether (sulfide) groups is 1. The first-order valence-corrected chi connectivity index (χ1v) is 11.3. The van der Waals surface area contributed by atoms with Crippen LogP contribution in [0.3, 0.4) is 0 Å². The Hall–Kier alpha value is -1.62. The Balaban J connectivity index is 1.79. The number of rotatable bonds is 5. The van der Waals surface area contributed by atoms with Gasteiger partial charge in [0, 0.05) is 19.6 Å². The third-order valence-electron chi connectivity index (χ3n) is 4.43. The molecule has 0 radical (unpaired) electrons. The largest absolute Gasteiger partial charge is 0.372 e. The van der Waals surface area contributed by atoms with Crippen molar-refractivity contribution in [2.45, 2.75) is 49.6 Å². The topological polar surface area (TPSA) is 108 Å². The second-order valence-electron chi connectivity index (χ2n) is 6.68. The highest BCUT2D eigenvalue weighted by molar-refractivity contribution is 7.99. The lowest BCUT2D eigenvalue weighted by atomic mass is 10.2. The lowest BCUT2D eigenvalue weighted by Crippen LogP contribution is -2.48. The number of imidazole rings is 1. The molecule has 2 aromatic rings. The number of fused-ring (bicyclic) bond motifs is 1. The van der Waals surface area contributed by atoms with Crippen LogP contribution in [0.4, 0.5) is 0 Å². The summed E-state index contributed by atoms with van der Waals surface area (Å²) in [6, 6.07) is 4.64. The van der Waals surface area contributed by atoms with Gasteiger partial charge < -0.3 is 14.2 Å². The molecular formula is C17H24N4O4S2. The highest BCUT2D eigenvalue weighted by Crippen LogP contribution is 2.26. The normalized spacial score (nSPS) is 21.0. The van der Waals surface area contributed by atoms with Crippen LogP contribution in [0.15, 0.2) is 28.3 Å². The van der Waals surface area contributed by atoms with E-state index in [-0.39, 0.29) is 28.8 Å². The van der Waals surface area contributed by atoms with Crippen LogP contribution in [0, 0.1) is 0 Å². The summed E-state index contributed by atoms with van der Waals surface area (Å²) < 4.78 is 30.7. The molecule has 10 heteroatoms. The fraction of sp³-hybridized carbons (Fsp3) is 0.529. The van der Waals surface area contributed by atoms with Crippen LogP contribution in [0.5, 0.6) is 0 Å². The van der Waals surface area contributed by atoms with Gasteiger partial charge in [-0.15, -0.1) is 0 Å². The van der Waals surface area contributed by atoms with Crippen molar-refractivity contribution in [1.29, 1.82) is 0 Å². The molecule has 0 spiro atoms. The Morgan fingerprint density at radius 3 is 2.59 bits per heavy atom. The van der Waals surface area contributed by atoms with Gasteiger partial charge in [0.1, 0.15) is 0 Å². The molecule has 1 fully saturated rings. The predicted octanol–water partition coefficient (Wildman–Crippen LogP) is 1.43. The molecule has 2 N–H and O–H groups in total. The summed E-state index contributed by atoms with van der Waals surface area (Å²) in [7, 11) is -3.78. The van der Waals surface area contributed by atoms with Gasteiger partial charge in [-0.1, -0.05) is 11.8 Å². The molecule has 148 valence electrons. The molecule has 3 rings (SSSR count). The zero-order valence-corrected chi connectivity index (χ0v) is 17.2. The molecule has 0 unspecified atom stereocenters. The number of primary sulfonamides is 1. The van der Waals surface area contributed by atoms with E-state index in [4.69, 9.17) is 9.88 Å². The maximum Gasteiger partial charge on any atom is 0.238 e. The molecule has 1 saturated heterocycles. The Bertz CT molecular complexity index is 947. The minimum Gasteiger partial charge on any atom is -0.372 e. The van der Waals surface area contributed by atoms with E-state index in [2.05, 4.69) is 4.98 Å².